The van der Waals surface area contributed by atoms with Gasteiger partial charge in [0.05, 0.1) is 6.04 Å². The molecule has 24 heavy (non-hydrogen) atoms. The molecule has 0 spiro atoms. The minimum atomic E-state index is -1.03. The average Bonchev–Trinajstić information content (AvgIpc) is 3.00. The molecule has 2 aliphatic rings. The molecule has 0 aromatic heterocycles. The number of ether oxygens (including phenoxy) is 1. The van der Waals surface area contributed by atoms with Crippen molar-refractivity contribution in [1.29, 1.82) is 0 Å². The Morgan fingerprint density at radius 2 is 2.25 bits per heavy atom. The van der Waals surface area contributed by atoms with E-state index in [0.29, 0.717) is 17.3 Å². The number of piperazine rings is 1. The number of amides is 1. The second-order valence-corrected chi connectivity index (χ2v) is 6.80. The fourth-order valence-corrected chi connectivity index (χ4v) is 3.71. The number of hydrogen-bond acceptors (Lipinski definition) is 4. The zero-order valence-corrected chi connectivity index (χ0v) is 14.3. The SMILES string of the molecule is C[C@@H]1C(=O)N2CCC[C@@H]2CN1Cc1cc(Cl)ccc1OCC(=O)O. The molecule has 0 radical (unpaired) electrons. The molecule has 1 amide bonds. The molecule has 0 aliphatic carbocycles. The van der Waals surface area contributed by atoms with Gasteiger partial charge in [0, 0.05) is 36.3 Å². The van der Waals surface area contributed by atoms with Gasteiger partial charge >= 0.3 is 5.97 Å². The Labute approximate surface area is 145 Å². The van der Waals surface area contributed by atoms with Crippen molar-refractivity contribution < 1.29 is 19.4 Å². The third kappa shape index (κ3) is 3.49. The molecule has 2 heterocycles. The Bertz CT molecular complexity index is 651. The maximum Gasteiger partial charge on any atom is 0.341 e. The van der Waals surface area contributed by atoms with Crippen LogP contribution in [0.2, 0.25) is 5.02 Å². The largest absolute Gasteiger partial charge is 0.482 e. The van der Waals surface area contributed by atoms with Crippen molar-refractivity contribution in [2.24, 2.45) is 0 Å². The molecule has 0 bridgehead atoms. The zero-order valence-electron chi connectivity index (χ0n) is 13.6. The number of fused-ring (bicyclic) bond motifs is 1. The Balaban J connectivity index is 1.78. The number of aliphatic carboxylic acids is 1. The number of rotatable bonds is 5. The maximum absolute atomic E-state index is 12.5. The summed E-state index contributed by atoms with van der Waals surface area (Å²) in [5.41, 5.74) is 0.801. The molecular formula is C17H21ClN2O4. The van der Waals surface area contributed by atoms with E-state index in [1.807, 2.05) is 11.8 Å². The summed E-state index contributed by atoms with van der Waals surface area (Å²) in [5, 5.41) is 9.37. The van der Waals surface area contributed by atoms with Crippen molar-refractivity contribution in [1.82, 2.24) is 9.80 Å². The van der Waals surface area contributed by atoms with E-state index >= 15 is 0 Å². The molecule has 2 atom stereocenters. The van der Waals surface area contributed by atoms with E-state index in [4.69, 9.17) is 21.4 Å². The van der Waals surface area contributed by atoms with Crippen LogP contribution in [0, 0.1) is 0 Å². The van der Waals surface area contributed by atoms with Crippen LogP contribution in [0.4, 0.5) is 0 Å². The van der Waals surface area contributed by atoms with Crippen LogP contribution in [0.3, 0.4) is 0 Å². The number of carboxylic acids is 1. The lowest BCUT2D eigenvalue weighted by atomic mass is 10.1. The van der Waals surface area contributed by atoms with Crippen molar-refractivity contribution in [3.8, 4) is 5.75 Å². The van der Waals surface area contributed by atoms with Gasteiger partial charge in [0.15, 0.2) is 6.61 Å². The third-order valence-electron chi connectivity index (χ3n) is 4.76. The van der Waals surface area contributed by atoms with E-state index in [-0.39, 0.29) is 18.0 Å². The topological polar surface area (TPSA) is 70.1 Å². The van der Waals surface area contributed by atoms with Gasteiger partial charge in [0.25, 0.3) is 0 Å². The van der Waals surface area contributed by atoms with Crippen molar-refractivity contribution >= 4 is 23.5 Å². The first-order chi connectivity index (χ1) is 11.5. The summed E-state index contributed by atoms with van der Waals surface area (Å²) in [6, 6.07) is 5.20. The normalized spacial score (nSPS) is 24.1. The van der Waals surface area contributed by atoms with Gasteiger partial charge in [-0.1, -0.05) is 11.6 Å². The molecule has 2 saturated heterocycles. The lowest BCUT2D eigenvalue weighted by molar-refractivity contribution is -0.143. The summed E-state index contributed by atoms with van der Waals surface area (Å²) in [5.74, 6) is -0.368. The summed E-state index contributed by atoms with van der Waals surface area (Å²) in [4.78, 5) is 27.4. The maximum atomic E-state index is 12.5. The smallest absolute Gasteiger partial charge is 0.341 e. The highest BCUT2D eigenvalue weighted by Crippen LogP contribution is 2.30. The van der Waals surface area contributed by atoms with E-state index in [1.165, 1.54) is 0 Å². The van der Waals surface area contributed by atoms with Gasteiger partial charge < -0.3 is 14.7 Å². The summed E-state index contributed by atoms with van der Waals surface area (Å²) >= 11 is 6.09. The van der Waals surface area contributed by atoms with Gasteiger partial charge in [-0.2, -0.15) is 0 Å². The summed E-state index contributed by atoms with van der Waals surface area (Å²) in [7, 11) is 0. The van der Waals surface area contributed by atoms with Gasteiger partial charge in [-0.25, -0.2) is 4.79 Å². The van der Waals surface area contributed by atoms with Crippen molar-refractivity contribution in [3.05, 3.63) is 28.8 Å². The predicted octanol–water partition coefficient (Wildman–Crippen LogP) is 2.00. The second kappa shape index (κ2) is 6.99. The number of nitrogens with zero attached hydrogens (tertiary/aromatic N) is 2. The van der Waals surface area contributed by atoms with Gasteiger partial charge in [-0.05, 0) is 38.0 Å². The van der Waals surface area contributed by atoms with E-state index in [1.54, 1.807) is 18.2 Å². The Kier molecular flexibility index (Phi) is 4.96. The molecule has 7 heteroatoms. The van der Waals surface area contributed by atoms with Crippen LogP contribution in [0.15, 0.2) is 18.2 Å². The monoisotopic (exact) mass is 352 g/mol. The molecule has 0 saturated carbocycles. The van der Waals surface area contributed by atoms with E-state index < -0.39 is 12.6 Å². The molecule has 2 aliphatic heterocycles. The summed E-state index contributed by atoms with van der Waals surface area (Å²) < 4.78 is 5.36. The Morgan fingerprint density at radius 1 is 1.46 bits per heavy atom. The fourth-order valence-electron chi connectivity index (χ4n) is 3.51. The van der Waals surface area contributed by atoms with Gasteiger partial charge in [-0.3, -0.25) is 9.69 Å². The molecule has 1 aromatic rings. The highest BCUT2D eigenvalue weighted by Gasteiger charge is 2.40. The van der Waals surface area contributed by atoms with Gasteiger partial charge in [-0.15, -0.1) is 0 Å². The molecule has 1 aromatic carbocycles. The number of benzene rings is 1. The Morgan fingerprint density at radius 3 is 3.00 bits per heavy atom. The molecule has 0 unspecified atom stereocenters. The lowest BCUT2D eigenvalue weighted by Gasteiger charge is -2.41. The standard InChI is InChI=1S/C17H21ClN2O4/c1-11-17(23)20-6-2-3-14(20)9-19(11)8-12-7-13(18)4-5-15(12)24-10-16(21)22/h4-5,7,11,14H,2-3,6,8-10H2,1H3,(H,21,22)/t11-,14-/m1/s1. The lowest BCUT2D eigenvalue weighted by Crippen LogP contribution is -2.58. The number of halogens is 1. The first-order valence-corrected chi connectivity index (χ1v) is 8.51. The first kappa shape index (κ1) is 17.0. The quantitative estimate of drug-likeness (QED) is 0.877. The number of carbonyl (C=O) groups excluding carboxylic acids is 1. The van der Waals surface area contributed by atoms with Crippen LogP contribution in [-0.2, 0) is 16.1 Å². The minimum absolute atomic E-state index is 0.166. The van der Waals surface area contributed by atoms with Crippen LogP contribution in [0.1, 0.15) is 25.3 Å². The number of carbonyl (C=O) groups is 2. The molecular weight excluding hydrogens is 332 g/mol. The van der Waals surface area contributed by atoms with Gasteiger partial charge in [0.1, 0.15) is 5.75 Å². The highest BCUT2D eigenvalue weighted by atomic mass is 35.5. The summed E-state index contributed by atoms with van der Waals surface area (Å²) in [6.45, 7) is 3.69. The van der Waals surface area contributed by atoms with Crippen LogP contribution >= 0.6 is 11.6 Å². The predicted molar refractivity (Wildman–Crippen MR) is 89.2 cm³/mol. The van der Waals surface area contributed by atoms with Crippen molar-refractivity contribution in [2.45, 2.75) is 38.4 Å². The number of hydrogen-bond donors (Lipinski definition) is 1. The van der Waals surface area contributed by atoms with Crippen molar-refractivity contribution in [3.63, 3.8) is 0 Å². The van der Waals surface area contributed by atoms with Gasteiger partial charge in [0.2, 0.25) is 5.91 Å². The van der Waals surface area contributed by atoms with E-state index in [0.717, 1.165) is 31.5 Å². The van der Waals surface area contributed by atoms with E-state index in [2.05, 4.69) is 4.90 Å². The molecule has 1 N–H and O–H groups in total. The third-order valence-corrected chi connectivity index (χ3v) is 4.99. The first-order valence-electron chi connectivity index (χ1n) is 8.13. The fraction of sp³-hybridized carbons (Fsp3) is 0.529. The van der Waals surface area contributed by atoms with Crippen molar-refractivity contribution in [2.75, 3.05) is 19.7 Å². The summed E-state index contributed by atoms with van der Waals surface area (Å²) in [6.07, 6.45) is 2.09. The highest BCUT2D eigenvalue weighted by molar-refractivity contribution is 6.30. The molecule has 3 rings (SSSR count). The molecule has 6 nitrogen and oxygen atoms in total. The number of carboxylic acid groups (broad SMARTS) is 1. The zero-order chi connectivity index (χ0) is 17.3. The van der Waals surface area contributed by atoms with Crippen LogP contribution in [-0.4, -0.2) is 58.6 Å². The van der Waals surface area contributed by atoms with Crippen LogP contribution < -0.4 is 4.74 Å². The van der Waals surface area contributed by atoms with Crippen LogP contribution in [0.25, 0.3) is 0 Å². The molecule has 2 fully saturated rings. The molecule has 130 valence electrons. The van der Waals surface area contributed by atoms with E-state index in [9.17, 15) is 9.59 Å². The Hall–Kier alpha value is -1.79. The second-order valence-electron chi connectivity index (χ2n) is 6.37. The van der Waals surface area contributed by atoms with Crippen LogP contribution in [0.5, 0.6) is 5.75 Å². The minimum Gasteiger partial charge on any atom is -0.482 e. The average molecular weight is 353 g/mol.